The molecular formula is C14H22O5. The third kappa shape index (κ3) is 2.41. The Kier molecular flexibility index (Phi) is 3.47. The normalized spacial score (nSPS) is 33.3. The van der Waals surface area contributed by atoms with Crippen molar-refractivity contribution in [3.63, 3.8) is 0 Å². The van der Waals surface area contributed by atoms with Crippen LogP contribution in [0.4, 0.5) is 0 Å². The second-order valence-corrected chi connectivity index (χ2v) is 6.59. The molecule has 1 saturated heterocycles. The molecular weight excluding hydrogens is 248 g/mol. The Balaban J connectivity index is 2.11. The van der Waals surface area contributed by atoms with E-state index >= 15 is 0 Å². The van der Waals surface area contributed by atoms with Crippen LogP contribution in [0, 0.1) is 11.3 Å². The number of rotatable bonds is 2. The number of carbonyl (C=O) groups is 2. The first-order valence-electron chi connectivity index (χ1n) is 6.63. The molecule has 2 aliphatic rings. The Bertz CT molecular complexity index is 387. The molecule has 108 valence electrons. The summed E-state index contributed by atoms with van der Waals surface area (Å²) in [6, 6.07) is 0. The number of carbonyl (C=O) groups excluding carboxylic acids is 2. The van der Waals surface area contributed by atoms with E-state index in [0.29, 0.717) is 12.8 Å². The quantitative estimate of drug-likeness (QED) is 0.714. The highest BCUT2D eigenvalue weighted by atomic mass is 16.7. The molecule has 19 heavy (non-hydrogen) atoms. The van der Waals surface area contributed by atoms with Crippen LogP contribution in [-0.2, 0) is 23.8 Å². The third-order valence-corrected chi connectivity index (χ3v) is 4.02. The molecule has 1 heterocycles. The first-order chi connectivity index (χ1) is 8.69. The van der Waals surface area contributed by atoms with Gasteiger partial charge >= 0.3 is 5.97 Å². The lowest BCUT2D eigenvalue weighted by atomic mass is 9.70. The molecule has 5 heteroatoms. The van der Waals surface area contributed by atoms with E-state index in [1.165, 1.54) is 7.11 Å². The summed E-state index contributed by atoms with van der Waals surface area (Å²) in [5.41, 5.74) is -1.07. The molecule has 0 aromatic rings. The number of Topliss-reactive ketones (excluding diaryl/α,β-unsaturated/α-hetero) is 1. The molecule has 0 N–H and O–H groups in total. The Hall–Kier alpha value is -0.940. The Morgan fingerprint density at radius 2 is 1.95 bits per heavy atom. The summed E-state index contributed by atoms with van der Waals surface area (Å²) in [5, 5.41) is 0. The minimum absolute atomic E-state index is 0.0403. The zero-order valence-corrected chi connectivity index (χ0v) is 12.2. The van der Waals surface area contributed by atoms with Crippen molar-refractivity contribution in [1.29, 1.82) is 0 Å². The molecule has 1 aliphatic carbocycles. The minimum Gasteiger partial charge on any atom is -0.456 e. The third-order valence-electron chi connectivity index (χ3n) is 4.02. The van der Waals surface area contributed by atoms with E-state index in [9.17, 15) is 9.59 Å². The summed E-state index contributed by atoms with van der Waals surface area (Å²) in [5.74, 6) is -0.136. The van der Waals surface area contributed by atoms with E-state index in [2.05, 4.69) is 0 Å². The average Bonchev–Trinajstić information content (AvgIpc) is 2.52. The largest absolute Gasteiger partial charge is 0.456 e. The maximum atomic E-state index is 12.0. The molecule has 5 nitrogen and oxygen atoms in total. The van der Waals surface area contributed by atoms with Gasteiger partial charge in [-0.3, -0.25) is 9.59 Å². The van der Waals surface area contributed by atoms with Gasteiger partial charge in [0.2, 0.25) is 0 Å². The Labute approximate surface area is 113 Å². The average molecular weight is 270 g/mol. The summed E-state index contributed by atoms with van der Waals surface area (Å²) in [7, 11) is 1.52. The monoisotopic (exact) mass is 270 g/mol. The van der Waals surface area contributed by atoms with Crippen molar-refractivity contribution in [3.8, 4) is 0 Å². The highest BCUT2D eigenvalue weighted by Crippen LogP contribution is 2.49. The molecule has 1 aliphatic heterocycles. The summed E-state index contributed by atoms with van der Waals surface area (Å²) < 4.78 is 16.6. The maximum Gasteiger partial charge on any atom is 0.311 e. The zero-order chi connectivity index (χ0) is 14.4. The van der Waals surface area contributed by atoms with Gasteiger partial charge in [0, 0.05) is 25.9 Å². The zero-order valence-electron chi connectivity index (χ0n) is 12.2. The van der Waals surface area contributed by atoms with E-state index in [-0.39, 0.29) is 17.7 Å². The summed E-state index contributed by atoms with van der Waals surface area (Å²) >= 11 is 0. The number of hydrogen-bond donors (Lipinski definition) is 0. The first-order valence-corrected chi connectivity index (χ1v) is 6.63. The molecule has 0 amide bonds. The van der Waals surface area contributed by atoms with Crippen molar-refractivity contribution in [3.05, 3.63) is 0 Å². The van der Waals surface area contributed by atoms with Crippen LogP contribution in [-0.4, -0.2) is 36.9 Å². The molecule has 0 bridgehead atoms. The van der Waals surface area contributed by atoms with Gasteiger partial charge in [-0.2, -0.15) is 0 Å². The van der Waals surface area contributed by atoms with Crippen molar-refractivity contribution in [2.45, 2.75) is 58.5 Å². The van der Waals surface area contributed by atoms with Crippen molar-refractivity contribution < 1.29 is 23.8 Å². The van der Waals surface area contributed by atoms with Gasteiger partial charge in [-0.05, 0) is 20.8 Å². The van der Waals surface area contributed by atoms with Crippen LogP contribution in [0.25, 0.3) is 0 Å². The van der Waals surface area contributed by atoms with Gasteiger partial charge < -0.3 is 14.2 Å². The van der Waals surface area contributed by atoms with Crippen molar-refractivity contribution >= 4 is 11.8 Å². The van der Waals surface area contributed by atoms with E-state index in [4.69, 9.17) is 14.2 Å². The predicted octanol–water partition coefficient (Wildman–Crippen LogP) is 1.68. The predicted molar refractivity (Wildman–Crippen MR) is 67.4 cm³/mol. The number of esters is 1. The topological polar surface area (TPSA) is 61.8 Å². The fraction of sp³-hybridized carbons (Fsp3) is 0.857. The fourth-order valence-corrected chi connectivity index (χ4v) is 2.60. The van der Waals surface area contributed by atoms with Gasteiger partial charge in [0.05, 0.1) is 11.0 Å². The molecule has 1 spiro atoms. The Morgan fingerprint density at radius 3 is 2.37 bits per heavy atom. The molecule has 2 fully saturated rings. The van der Waals surface area contributed by atoms with E-state index in [0.717, 1.165) is 0 Å². The second-order valence-electron chi connectivity index (χ2n) is 6.59. The summed E-state index contributed by atoms with van der Waals surface area (Å²) in [4.78, 5) is 23.3. The molecule has 1 unspecified atom stereocenters. The second kappa shape index (κ2) is 4.56. The first kappa shape index (κ1) is 14.5. The van der Waals surface area contributed by atoms with Crippen LogP contribution >= 0.6 is 0 Å². The standard InChI is InChI=1S/C14H22O5/c1-8-10(18-12(16)13(2,3)4)11(17-5)19-14(8)6-9(15)7-14/h8,10-11H,6-7H2,1-5H3/t8-,10?,11+/m0/s1. The summed E-state index contributed by atoms with van der Waals surface area (Å²) in [6.07, 6.45) is -0.269. The lowest BCUT2D eigenvalue weighted by molar-refractivity contribution is -0.205. The van der Waals surface area contributed by atoms with Gasteiger partial charge in [0.1, 0.15) is 5.78 Å². The molecule has 0 aromatic carbocycles. The van der Waals surface area contributed by atoms with Crippen LogP contribution in [0.3, 0.4) is 0 Å². The van der Waals surface area contributed by atoms with Gasteiger partial charge in [-0.1, -0.05) is 6.92 Å². The number of ketones is 1. The van der Waals surface area contributed by atoms with E-state index in [1.807, 2.05) is 6.92 Å². The lowest BCUT2D eigenvalue weighted by Gasteiger charge is -2.39. The van der Waals surface area contributed by atoms with Crippen molar-refractivity contribution in [2.75, 3.05) is 7.11 Å². The molecule has 1 saturated carbocycles. The summed E-state index contributed by atoms with van der Waals surface area (Å²) in [6.45, 7) is 7.37. The Morgan fingerprint density at radius 1 is 1.37 bits per heavy atom. The number of ether oxygens (including phenoxy) is 3. The molecule has 2 rings (SSSR count). The SMILES string of the molecule is CO[C@@H]1OC2(CC(=O)C2)[C@@H](C)C1OC(=O)C(C)(C)C. The molecule has 0 radical (unpaired) electrons. The van der Waals surface area contributed by atoms with Gasteiger partial charge in [0.15, 0.2) is 12.4 Å². The minimum atomic E-state index is -0.589. The highest BCUT2D eigenvalue weighted by molar-refractivity contribution is 5.87. The van der Waals surface area contributed by atoms with E-state index < -0.39 is 23.4 Å². The van der Waals surface area contributed by atoms with Gasteiger partial charge in [-0.25, -0.2) is 0 Å². The fourth-order valence-electron chi connectivity index (χ4n) is 2.60. The number of methoxy groups -OCH3 is 1. The lowest BCUT2D eigenvalue weighted by Crippen LogP contribution is -2.49. The maximum absolute atomic E-state index is 12.0. The molecule has 0 aromatic heterocycles. The number of hydrogen-bond acceptors (Lipinski definition) is 5. The van der Waals surface area contributed by atoms with Crippen LogP contribution in [0.2, 0.25) is 0 Å². The molecule has 3 atom stereocenters. The van der Waals surface area contributed by atoms with Crippen LogP contribution in [0.1, 0.15) is 40.5 Å². The van der Waals surface area contributed by atoms with Crippen molar-refractivity contribution in [2.24, 2.45) is 11.3 Å². The van der Waals surface area contributed by atoms with Crippen molar-refractivity contribution in [1.82, 2.24) is 0 Å². The smallest absolute Gasteiger partial charge is 0.311 e. The van der Waals surface area contributed by atoms with Crippen LogP contribution in [0.5, 0.6) is 0 Å². The van der Waals surface area contributed by atoms with E-state index in [1.54, 1.807) is 20.8 Å². The van der Waals surface area contributed by atoms with Gasteiger partial charge in [-0.15, -0.1) is 0 Å². The van der Waals surface area contributed by atoms with Gasteiger partial charge in [0.25, 0.3) is 0 Å². The van der Waals surface area contributed by atoms with Crippen LogP contribution < -0.4 is 0 Å². The van der Waals surface area contributed by atoms with Crippen LogP contribution in [0.15, 0.2) is 0 Å². The highest BCUT2D eigenvalue weighted by Gasteiger charge is 2.61.